The fourth-order valence-corrected chi connectivity index (χ4v) is 2.56. The number of aliphatic carboxylic acids is 8. The summed E-state index contributed by atoms with van der Waals surface area (Å²) in [6, 6.07) is -6.59. The smallest absolute Gasteiger partial charge is 0.324 e. The van der Waals surface area contributed by atoms with Crippen molar-refractivity contribution < 1.29 is 88.7 Å². The molecule has 28 heteroatoms. The van der Waals surface area contributed by atoms with Crippen molar-refractivity contribution >= 4 is 53.7 Å². The molecule has 1 aliphatic heterocycles. The fraction of sp³-hybridized carbons (Fsp3) is 0.763. The molecular formula is C38H84N10O18. The molecule has 1 fully saturated rings. The standard InChI is InChI=1S/C9H18N2O4.C5H9NO2.3C5H11NO2.3C3H7NO2.H3N/c1-4(2)6(10)9(14)15-5(3)7(11)8(12)13;7-5(8)4-2-1-3-6-4;3*1-3(2)4(6)5(7)8;3*1-2(4)3(5)6;/h4-7H,10-11H2,1-3H3,(H,12,13);4,6H,1-3H2,(H,7,8);3*3-4H,6H2,1-2H3,(H,7,8);3*2H,4H2,1H3,(H,5,6);1H3/t5-,6+,7+;4*4-;3*2-;/m10000000./s1. The Kier molecular flexibility index (Phi) is 51.7. The number of carbonyl (C=O) groups is 9. The molecule has 0 unspecified atom stereocenters. The Balaban J connectivity index is -0.0000000990. The zero-order chi connectivity index (χ0) is 53.8. The van der Waals surface area contributed by atoms with Gasteiger partial charge in [0, 0.05) is 0 Å². The molecule has 28 nitrogen and oxygen atoms in total. The van der Waals surface area contributed by atoms with E-state index in [1.54, 1.807) is 55.4 Å². The largest absolute Gasteiger partial charge is 0.480 e. The molecule has 0 amide bonds. The number of nitrogens with one attached hydrogen (secondary N) is 1. The Labute approximate surface area is 386 Å². The Hall–Kier alpha value is -5.17. The maximum absolute atomic E-state index is 11.3. The van der Waals surface area contributed by atoms with Crippen LogP contribution in [-0.2, 0) is 47.9 Å². The summed E-state index contributed by atoms with van der Waals surface area (Å²) in [7, 11) is 0. The molecule has 0 aliphatic carbocycles. The van der Waals surface area contributed by atoms with Crippen LogP contribution in [0.3, 0.4) is 0 Å². The molecule has 28 N–H and O–H groups in total. The molecule has 0 aromatic rings. The average Bonchev–Trinajstić information content (AvgIpc) is 3.73. The minimum Gasteiger partial charge on any atom is -0.480 e. The summed E-state index contributed by atoms with van der Waals surface area (Å²) in [6.07, 6.45) is 0.895. The van der Waals surface area contributed by atoms with E-state index in [1.165, 1.54) is 27.7 Å². The first-order valence-corrected chi connectivity index (χ1v) is 20.0. The first-order valence-electron chi connectivity index (χ1n) is 20.0. The molecule has 1 saturated heterocycles. The second kappa shape index (κ2) is 43.7. The van der Waals surface area contributed by atoms with Crippen LogP contribution < -0.4 is 57.3 Å². The highest BCUT2D eigenvalue weighted by atomic mass is 16.5. The van der Waals surface area contributed by atoms with Crippen molar-refractivity contribution in [3.05, 3.63) is 0 Å². The summed E-state index contributed by atoms with van der Waals surface area (Å²) in [5.41, 5.74) is 40.8. The van der Waals surface area contributed by atoms with Gasteiger partial charge in [0.25, 0.3) is 0 Å². The third kappa shape index (κ3) is 51.5. The van der Waals surface area contributed by atoms with Crippen molar-refractivity contribution in [3.8, 4) is 0 Å². The van der Waals surface area contributed by atoms with E-state index in [4.69, 9.17) is 91.5 Å². The number of ether oxygens (including phenoxy) is 1. The van der Waals surface area contributed by atoms with Crippen LogP contribution in [0, 0.1) is 23.7 Å². The summed E-state index contributed by atoms with van der Waals surface area (Å²) >= 11 is 0. The second-order valence-corrected chi connectivity index (χ2v) is 15.5. The molecule has 0 bridgehead atoms. The normalized spacial score (nSPS) is 16.1. The fourth-order valence-electron chi connectivity index (χ4n) is 2.56. The van der Waals surface area contributed by atoms with Crippen molar-refractivity contribution in [2.24, 2.45) is 69.5 Å². The lowest BCUT2D eigenvalue weighted by atomic mass is 10.1. The third-order valence-corrected chi connectivity index (χ3v) is 7.62. The van der Waals surface area contributed by atoms with Gasteiger partial charge in [-0.3, -0.25) is 43.2 Å². The SMILES string of the molecule is CC(C)[C@H](N)C(=O)O.CC(C)[C@H](N)C(=O)O.CC(C)[C@H](N)C(=O)O.CC(C)[C@H](N)C(=O)O[C@H](C)[C@H](N)C(=O)O.C[C@H](N)C(=O)O.C[C@H](N)C(=O)O.C[C@H](N)C(=O)O.N.O=C(O)[C@@H]1CCCN1. The highest BCUT2D eigenvalue weighted by molar-refractivity contribution is 5.78. The number of esters is 1. The summed E-state index contributed by atoms with van der Waals surface area (Å²) in [5.74, 6) is -8.25. The highest BCUT2D eigenvalue weighted by Gasteiger charge is 2.27. The van der Waals surface area contributed by atoms with Gasteiger partial charge in [-0.25, -0.2) is 0 Å². The maximum atomic E-state index is 11.3. The van der Waals surface area contributed by atoms with Crippen LogP contribution in [0.2, 0.25) is 0 Å². The first kappa shape index (κ1) is 78.0. The molecular weight excluding hydrogens is 884 g/mol. The van der Waals surface area contributed by atoms with E-state index in [9.17, 15) is 43.2 Å². The predicted octanol–water partition coefficient (Wildman–Crippen LogP) is -2.28. The summed E-state index contributed by atoms with van der Waals surface area (Å²) in [5, 5.41) is 68.1. The van der Waals surface area contributed by atoms with Crippen molar-refractivity contribution in [2.45, 2.75) is 156 Å². The minimum atomic E-state index is -1.23. The lowest BCUT2D eigenvalue weighted by Gasteiger charge is -2.20. The van der Waals surface area contributed by atoms with Gasteiger partial charge in [0.05, 0.1) is 0 Å². The predicted molar refractivity (Wildman–Crippen MR) is 243 cm³/mol. The van der Waals surface area contributed by atoms with Crippen LogP contribution in [0.1, 0.15) is 95.9 Å². The topological polar surface area (TPSA) is 580 Å². The lowest BCUT2D eigenvalue weighted by molar-refractivity contribution is -0.156. The van der Waals surface area contributed by atoms with Crippen LogP contribution in [0.5, 0.6) is 0 Å². The van der Waals surface area contributed by atoms with Crippen LogP contribution >= 0.6 is 0 Å². The first-order chi connectivity index (χ1) is 29.2. The average molecular weight is 969 g/mol. The van der Waals surface area contributed by atoms with Gasteiger partial charge in [-0.1, -0.05) is 55.4 Å². The van der Waals surface area contributed by atoms with E-state index >= 15 is 0 Å². The summed E-state index contributed by atoms with van der Waals surface area (Å²) in [6.45, 7) is 20.7. The second-order valence-electron chi connectivity index (χ2n) is 15.5. The third-order valence-electron chi connectivity index (χ3n) is 7.62. The molecule has 0 saturated carbocycles. The van der Waals surface area contributed by atoms with E-state index in [1.807, 2.05) is 0 Å². The van der Waals surface area contributed by atoms with Crippen LogP contribution in [0.25, 0.3) is 0 Å². The monoisotopic (exact) mass is 969 g/mol. The highest BCUT2D eigenvalue weighted by Crippen LogP contribution is 2.05. The van der Waals surface area contributed by atoms with Crippen molar-refractivity contribution in [2.75, 3.05) is 6.54 Å². The van der Waals surface area contributed by atoms with Gasteiger partial charge >= 0.3 is 53.7 Å². The Morgan fingerprint density at radius 1 is 0.424 bits per heavy atom. The van der Waals surface area contributed by atoms with Gasteiger partial charge in [-0.2, -0.15) is 0 Å². The van der Waals surface area contributed by atoms with Gasteiger partial charge in [-0.05, 0) is 70.8 Å². The van der Waals surface area contributed by atoms with Crippen molar-refractivity contribution in [1.82, 2.24) is 11.5 Å². The van der Waals surface area contributed by atoms with E-state index in [2.05, 4.69) is 5.32 Å². The number of hydrogen-bond acceptors (Lipinski definition) is 20. The number of carboxylic acids is 8. The molecule has 10 atom stereocenters. The molecule has 0 radical (unpaired) electrons. The van der Waals surface area contributed by atoms with E-state index in [-0.39, 0.29) is 35.9 Å². The molecule has 1 rings (SSSR count). The van der Waals surface area contributed by atoms with Crippen LogP contribution in [0.4, 0.5) is 0 Å². The number of hydrogen-bond donors (Lipinski definition) is 18. The van der Waals surface area contributed by atoms with E-state index in [0.717, 1.165) is 19.4 Å². The number of nitrogens with two attached hydrogens (primary N) is 8. The summed E-state index contributed by atoms with van der Waals surface area (Å²) in [4.78, 5) is 90.7. The minimum absolute atomic E-state index is 0. The molecule has 0 aromatic carbocycles. The molecule has 0 spiro atoms. The number of rotatable bonds is 15. The Bertz CT molecular complexity index is 1260. The quantitative estimate of drug-likeness (QED) is 0.0768. The number of carboxylic acid groups (broad SMARTS) is 8. The summed E-state index contributed by atoms with van der Waals surface area (Å²) < 4.78 is 4.83. The van der Waals surface area contributed by atoms with E-state index < -0.39 is 108 Å². The van der Waals surface area contributed by atoms with Gasteiger partial charge in [0.15, 0.2) is 0 Å². The van der Waals surface area contributed by atoms with Gasteiger partial charge in [-0.15, -0.1) is 0 Å². The maximum Gasteiger partial charge on any atom is 0.324 e. The van der Waals surface area contributed by atoms with Gasteiger partial charge in [0.1, 0.15) is 60.5 Å². The van der Waals surface area contributed by atoms with Crippen LogP contribution in [0.15, 0.2) is 0 Å². The number of carbonyl (C=O) groups excluding carboxylic acids is 1. The van der Waals surface area contributed by atoms with Gasteiger partial charge in [0.2, 0.25) is 0 Å². The molecule has 0 aromatic heterocycles. The molecule has 1 aliphatic rings. The lowest BCUT2D eigenvalue weighted by Crippen LogP contribution is -2.46. The van der Waals surface area contributed by atoms with Crippen molar-refractivity contribution in [1.29, 1.82) is 0 Å². The zero-order valence-electron chi connectivity index (χ0n) is 40.2. The molecule has 66 heavy (non-hydrogen) atoms. The van der Waals surface area contributed by atoms with Gasteiger partial charge < -0.3 is 103 Å². The molecule has 1 heterocycles. The zero-order valence-corrected chi connectivity index (χ0v) is 40.2. The van der Waals surface area contributed by atoms with Crippen LogP contribution in [-0.4, -0.2) is 162 Å². The molecule has 394 valence electrons. The van der Waals surface area contributed by atoms with Crippen molar-refractivity contribution in [3.63, 3.8) is 0 Å². The Morgan fingerprint density at radius 2 is 0.652 bits per heavy atom. The van der Waals surface area contributed by atoms with E-state index in [0.29, 0.717) is 0 Å². The Morgan fingerprint density at radius 3 is 0.758 bits per heavy atom.